The number of halogens is 1. The van der Waals surface area contributed by atoms with E-state index in [9.17, 15) is 0 Å². The van der Waals surface area contributed by atoms with Crippen LogP contribution >= 0.6 is 15.9 Å². The molecule has 0 aliphatic heterocycles. The lowest BCUT2D eigenvalue weighted by Crippen LogP contribution is -2.27. The summed E-state index contributed by atoms with van der Waals surface area (Å²) in [4.78, 5) is 0.661. The highest BCUT2D eigenvalue weighted by molar-refractivity contribution is 9.09. The summed E-state index contributed by atoms with van der Waals surface area (Å²) in [5.41, 5.74) is 7.81. The molecule has 82 valence electrons. The van der Waals surface area contributed by atoms with Crippen molar-refractivity contribution in [2.45, 2.75) is 36.6 Å². The summed E-state index contributed by atoms with van der Waals surface area (Å²) in [7, 11) is 0. The van der Waals surface area contributed by atoms with Gasteiger partial charge in [0.15, 0.2) is 0 Å². The van der Waals surface area contributed by atoms with Gasteiger partial charge < -0.3 is 11.1 Å². The van der Waals surface area contributed by atoms with Gasteiger partial charge in [-0.15, -0.1) is 0 Å². The molecule has 0 saturated heterocycles. The summed E-state index contributed by atoms with van der Waals surface area (Å²) < 4.78 is 0. The molecule has 0 amide bonds. The van der Waals surface area contributed by atoms with Crippen molar-refractivity contribution in [3.8, 4) is 0 Å². The Morgan fingerprint density at radius 3 is 2.80 bits per heavy atom. The number of anilines is 2. The van der Waals surface area contributed by atoms with Crippen LogP contribution in [0.15, 0.2) is 24.3 Å². The lowest BCUT2D eigenvalue weighted by molar-refractivity contribution is 0.478. The minimum atomic E-state index is 0.563. The van der Waals surface area contributed by atoms with Crippen LogP contribution in [0.1, 0.15) is 25.7 Å². The van der Waals surface area contributed by atoms with Crippen LogP contribution in [0.2, 0.25) is 0 Å². The van der Waals surface area contributed by atoms with Crippen LogP contribution < -0.4 is 11.1 Å². The summed E-state index contributed by atoms with van der Waals surface area (Å²) in [6.07, 6.45) is 5.02. The number of rotatable bonds is 2. The largest absolute Gasteiger partial charge is 0.397 e. The van der Waals surface area contributed by atoms with Gasteiger partial charge in [-0.05, 0) is 31.4 Å². The zero-order valence-electron chi connectivity index (χ0n) is 8.75. The van der Waals surface area contributed by atoms with Crippen LogP contribution in [-0.2, 0) is 0 Å². The number of hydrogen-bond acceptors (Lipinski definition) is 2. The van der Waals surface area contributed by atoms with Crippen molar-refractivity contribution in [3.63, 3.8) is 0 Å². The third-order valence-corrected chi connectivity index (χ3v) is 3.76. The molecular weight excluding hydrogens is 252 g/mol. The van der Waals surface area contributed by atoms with Crippen molar-refractivity contribution < 1.29 is 0 Å². The number of hydrogen-bond donors (Lipinski definition) is 2. The molecule has 2 atom stereocenters. The molecule has 0 radical (unpaired) electrons. The van der Waals surface area contributed by atoms with Crippen LogP contribution in [0.4, 0.5) is 11.4 Å². The molecule has 1 aromatic rings. The smallest absolute Gasteiger partial charge is 0.0576 e. The fourth-order valence-corrected chi connectivity index (χ4v) is 2.88. The normalized spacial score (nSPS) is 26.2. The molecule has 3 heteroatoms. The molecule has 3 N–H and O–H groups in total. The maximum absolute atomic E-state index is 5.90. The Bertz CT molecular complexity index is 327. The highest BCUT2D eigenvalue weighted by Crippen LogP contribution is 2.28. The van der Waals surface area contributed by atoms with Crippen LogP contribution in [-0.4, -0.2) is 10.9 Å². The van der Waals surface area contributed by atoms with E-state index in [0.29, 0.717) is 10.9 Å². The summed E-state index contributed by atoms with van der Waals surface area (Å²) in [5.74, 6) is 0. The molecule has 1 aromatic carbocycles. The summed E-state index contributed by atoms with van der Waals surface area (Å²) in [6, 6.07) is 8.54. The van der Waals surface area contributed by atoms with Gasteiger partial charge in [0.05, 0.1) is 11.4 Å². The van der Waals surface area contributed by atoms with Gasteiger partial charge in [0, 0.05) is 10.9 Å². The summed E-state index contributed by atoms with van der Waals surface area (Å²) in [6.45, 7) is 0. The second-order valence-electron chi connectivity index (χ2n) is 4.19. The van der Waals surface area contributed by atoms with E-state index < -0.39 is 0 Å². The van der Waals surface area contributed by atoms with Gasteiger partial charge in [0.1, 0.15) is 0 Å². The average molecular weight is 269 g/mol. The number of nitrogens with two attached hydrogens (primary N) is 1. The minimum absolute atomic E-state index is 0.563. The topological polar surface area (TPSA) is 38.0 Å². The van der Waals surface area contributed by atoms with E-state index in [4.69, 9.17) is 5.73 Å². The fraction of sp³-hybridized carbons (Fsp3) is 0.500. The quantitative estimate of drug-likeness (QED) is 0.638. The molecule has 0 spiro atoms. The van der Waals surface area contributed by atoms with E-state index in [-0.39, 0.29) is 0 Å². The highest BCUT2D eigenvalue weighted by Gasteiger charge is 2.19. The predicted molar refractivity (Wildman–Crippen MR) is 69.4 cm³/mol. The standard InChI is InChI=1S/C12H17BrN2/c13-9-4-3-5-10(8-9)15-12-7-2-1-6-11(12)14/h1-2,6-7,9-10,15H,3-5,8,14H2. The van der Waals surface area contributed by atoms with Crippen molar-refractivity contribution in [2.24, 2.45) is 0 Å². The van der Waals surface area contributed by atoms with Crippen LogP contribution in [0.5, 0.6) is 0 Å². The van der Waals surface area contributed by atoms with Crippen molar-refractivity contribution >= 4 is 27.3 Å². The van der Waals surface area contributed by atoms with Gasteiger partial charge in [-0.25, -0.2) is 0 Å². The van der Waals surface area contributed by atoms with Gasteiger partial charge in [0.2, 0.25) is 0 Å². The second-order valence-corrected chi connectivity index (χ2v) is 5.49. The molecule has 1 fully saturated rings. The molecule has 0 heterocycles. The Morgan fingerprint density at radius 2 is 2.07 bits per heavy atom. The van der Waals surface area contributed by atoms with Gasteiger partial charge >= 0.3 is 0 Å². The second kappa shape index (κ2) is 4.88. The lowest BCUT2D eigenvalue weighted by Gasteiger charge is -2.27. The van der Waals surface area contributed by atoms with E-state index in [1.54, 1.807) is 0 Å². The van der Waals surface area contributed by atoms with Gasteiger partial charge in [-0.1, -0.05) is 34.5 Å². The van der Waals surface area contributed by atoms with Crippen molar-refractivity contribution in [3.05, 3.63) is 24.3 Å². The lowest BCUT2D eigenvalue weighted by atomic mass is 9.95. The molecule has 2 rings (SSSR count). The number of alkyl halides is 1. The zero-order chi connectivity index (χ0) is 10.7. The first-order valence-corrected chi connectivity index (χ1v) is 6.42. The van der Waals surface area contributed by atoms with E-state index in [2.05, 4.69) is 21.2 Å². The Balaban J connectivity index is 1.99. The van der Waals surface area contributed by atoms with Gasteiger partial charge in [0.25, 0.3) is 0 Å². The highest BCUT2D eigenvalue weighted by atomic mass is 79.9. The molecule has 1 aliphatic carbocycles. The van der Waals surface area contributed by atoms with Crippen LogP contribution in [0.3, 0.4) is 0 Å². The van der Waals surface area contributed by atoms with Crippen LogP contribution in [0, 0.1) is 0 Å². The first kappa shape index (κ1) is 10.8. The first-order valence-electron chi connectivity index (χ1n) is 5.51. The number of para-hydroxylation sites is 2. The zero-order valence-corrected chi connectivity index (χ0v) is 10.3. The van der Waals surface area contributed by atoms with E-state index in [1.807, 2.05) is 24.3 Å². The minimum Gasteiger partial charge on any atom is -0.397 e. The van der Waals surface area contributed by atoms with Crippen LogP contribution in [0.25, 0.3) is 0 Å². The molecule has 1 saturated carbocycles. The monoisotopic (exact) mass is 268 g/mol. The maximum atomic E-state index is 5.90. The Labute approximate surface area is 99.4 Å². The van der Waals surface area contributed by atoms with Crippen molar-refractivity contribution in [2.75, 3.05) is 11.1 Å². The van der Waals surface area contributed by atoms with E-state index in [0.717, 1.165) is 11.4 Å². The number of nitrogen functional groups attached to an aromatic ring is 1. The van der Waals surface area contributed by atoms with E-state index in [1.165, 1.54) is 25.7 Å². The molecule has 2 unspecified atom stereocenters. The Morgan fingerprint density at radius 1 is 1.27 bits per heavy atom. The molecule has 2 nitrogen and oxygen atoms in total. The third kappa shape index (κ3) is 2.88. The molecule has 0 aromatic heterocycles. The Hall–Kier alpha value is -0.700. The molecular formula is C12H17BrN2. The van der Waals surface area contributed by atoms with Gasteiger partial charge in [-0.2, -0.15) is 0 Å². The SMILES string of the molecule is Nc1ccccc1NC1CCCC(Br)C1. The molecule has 1 aliphatic rings. The first-order chi connectivity index (χ1) is 7.25. The maximum Gasteiger partial charge on any atom is 0.0576 e. The predicted octanol–water partition coefficient (Wildman–Crippen LogP) is 3.39. The Kier molecular flexibility index (Phi) is 3.52. The summed E-state index contributed by atoms with van der Waals surface area (Å²) >= 11 is 3.69. The van der Waals surface area contributed by atoms with E-state index >= 15 is 0 Å². The molecule has 15 heavy (non-hydrogen) atoms. The number of benzene rings is 1. The summed E-state index contributed by atoms with van der Waals surface area (Å²) in [5, 5.41) is 3.52. The van der Waals surface area contributed by atoms with Crippen molar-refractivity contribution in [1.82, 2.24) is 0 Å². The number of nitrogens with one attached hydrogen (secondary N) is 1. The van der Waals surface area contributed by atoms with Crippen molar-refractivity contribution in [1.29, 1.82) is 0 Å². The molecule has 0 bridgehead atoms. The fourth-order valence-electron chi connectivity index (χ4n) is 2.11. The van der Waals surface area contributed by atoms with Gasteiger partial charge in [-0.3, -0.25) is 0 Å². The third-order valence-electron chi connectivity index (χ3n) is 2.93. The average Bonchev–Trinajstić information content (AvgIpc) is 2.22.